The summed E-state index contributed by atoms with van der Waals surface area (Å²) >= 11 is 0. The molecule has 1 N–H and O–H groups in total. The van der Waals surface area contributed by atoms with Gasteiger partial charge in [0, 0.05) is 34.3 Å². The van der Waals surface area contributed by atoms with Crippen LogP contribution in [0.1, 0.15) is 33.6 Å². The molecule has 12 heteroatoms. The van der Waals surface area contributed by atoms with Gasteiger partial charge in [0.2, 0.25) is 0 Å². The molecule has 0 bridgehead atoms. The third-order valence-electron chi connectivity index (χ3n) is 7.07. The van der Waals surface area contributed by atoms with E-state index in [4.69, 9.17) is 4.74 Å². The Bertz CT molecular complexity index is 1830. The Morgan fingerprint density at radius 2 is 1.70 bits per heavy atom. The minimum atomic E-state index is -4.39. The lowest BCUT2D eigenvalue weighted by molar-refractivity contribution is -0.385. The number of hydrazone groups is 1. The first-order valence-electron chi connectivity index (χ1n) is 13.3. The summed E-state index contributed by atoms with van der Waals surface area (Å²) in [6, 6.07) is 17.9. The molecular formula is C31H33N5O6S. The molecule has 3 aromatic carbocycles. The quantitative estimate of drug-likeness (QED) is 0.149. The zero-order valence-corrected chi connectivity index (χ0v) is 25.6. The van der Waals surface area contributed by atoms with Crippen molar-refractivity contribution in [3.63, 3.8) is 0 Å². The number of amides is 1. The fourth-order valence-corrected chi connectivity index (χ4v) is 6.26. The van der Waals surface area contributed by atoms with Crippen LogP contribution < -0.4 is 14.5 Å². The fourth-order valence-electron chi connectivity index (χ4n) is 4.82. The highest BCUT2D eigenvalue weighted by molar-refractivity contribution is 7.92. The van der Waals surface area contributed by atoms with Gasteiger partial charge in [0.25, 0.3) is 21.6 Å². The number of nitro groups is 1. The fraction of sp³-hybridized carbons (Fsp3) is 0.226. The Morgan fingerprint density at radius 3 is 2.33 bits per heavy atom. The van der Waals surface area contributed by atoms with Crippen molar-refractivity contribution in [2.75, 3.05) is 18.0 Å². The molecule has 0 aliphatic carbocycles. The first-order valence-corrected chi connectivity index (χ1v) is 14.8. The average molecular weight is 604 g/mol. The van der Waals surface area contributed by atoms with Crippen LogP contribution in [-0.4, -0.2) is 43.7 Å². The van der Waals surface area contributed by atoms with Crippen LogP contribution in [0.15, 0.2) is 76.7 Å². The number of nitro benzene ring substituents is 1. The number of anilines is 1. The second-order valence-corrected chi connectivity index (χ2v) is 12.0. The molecule has 1 aromatic heterocycles. The van der Waals surface area contributed by atoms with E-state index in [-0.39, 0.29) is 16.3 Å². The van der Waals surface area contributed by atoms with Crippen LogP contribution in [0.3, 0.4) is 0 Å². The van der Waals surface area contributed by atoms with Crippen molar-refractivity contribution < 1.29 is 22.9 Å². The van der Waals surface area contributed by atoms with E-state index in [1.807, 2.05) is 39.8 Å². The Morgan fingerprint density at radius 1 is 1.00 bits per heavy atom. The Balaban J connectivity index is 1.60. The van der Waals surface area contributed by atoms with Gasteiger partial charge in [-0.2, -0.15) is 5.10 Å². The largest absolute Gasteiger partial charge is 0.497 e. The van der Waals surface area contributed by atoms with E-state index in [9.17, 15) is 23.3 Å². The average Bonchev–Trinajstić information content (AvgIpc) is 3.24. The van der Waals surface area contributed by atoms with Gasteiger partial charge in [-0.05, 0) is 82.6 Å². The van der Waals surface area contributed by atoms with Crippen LogP contribution in [-0.2, 0) is 14.8 Å². The first kappa shape index (κ1) is 31.0. The molecule has 0 aliphatic rings. The Kier molecular flexibility index (Phi) is 9.00. The summed E-state index contributed by atoms with van der Waals surface area (Å²) in [5.41, 5.74) is 8.57. The van der Waals surface area contributed by atoms with Crippen LogP contribution in [0.2, 0.25) is 0 Å². The number of aryl methyl sites for hydroxylation is 4. The van der Waals surface area contributed by atoms with Gasteiger partial charge in [-0.1, -0.05) is 23.8 Å². The number of nitrogens with one attached hydrogen (secondary N) is 1. The molecule has 4 aromatic rings. The highest BCUT2D eigenvalue weighted by Gasteiger charge is 2.29. The van der Waals surface area contributed by atoms with Crippen molar-refractivity contribution >= 4 is 33.5 Å². The monoisotopic (exact) mass is 603 g/mol. The summed E-state index contributed by atoms with van der Waals surface area (Å²) in [6.45, 7) is 8.91. The molecule has 0 saturated carbocycles. The van der Waals surface area contributed by atoms with Gasteiger partial charge in [-0.25, -0.2) is 13.8 Å². The van der Waals surface area contributed by atoms with E-state index < -0.39 is 27.4 Å². The molecule has 0 saturated heterocycles. The van der Waals surface area contributed by atoms with Crippen LogP contribution in [0, 0.1) is 44.7 Å². The predicted octanol–water partition coefficient (Wildman–Crippen LogP) is 5.28. The molecule has 4 rings (SSSR count). The lowest BCUT2D eigenvalue weighted by atomic mass is 10.1. The number of methoxy groups -OCH3 is 1. The maximum Gasteiger partial charge on any atom is 0.273 e. The van der Waals surface area contributed by atoms with E-state index in [0.717, 1.165) is 38.6 Å². The van der Waals surface area contributed by atoms with Crippen molar-refractivity contribution in [3.05, 3.63) is 110 Å². The van der Waals surface area contributed by atoms with Gasteiger partial charge in [0.15, 0.2) is 0 Å². The topological polar surface area (TPSA) is 136 Å². The third-order valence-corrected chi connectivity index (χ3v) is 8.84. The number of hydrogen-bond acceptors (Lipinski definition) is 7. The van der Waals surface area contributed by atoms with E-state index >= 15 is 0 Å². The molecule has 0 atom stereocenters. The van der Waals surface area contributed by atoms with Gasteiger partial charge < -0.3 is 9.30 Å². The number of carbonyl (C=O) groups is 1. The van der Waals surface area contributed by atoms with Crippen molar-refractivity contribution in [3.8, 4) is 11.4 Å². The molecule has 43 heavy (non-hydrogen) atoms. The second kappa shape index (κ2) is 12.5. The summed E-state index contributed by atoms with van der Waals surface area (Å²) in [6.07, 6.45) is 1.51. The molecule has 0 fully saturated rings. The summed E-state index contributed by atoms with van der Waals surface area (Å²) in [5, 5.41) is 15.6. The van der Waals surface area contributed by atoms with Crippen LogP contribution in [0.25, 0.3) is 5.69 Å². The number of nitrogens with zero attached hydrogens (tertiary/aromatic N) is 4. The van der Waals surface area contributed by atoms with Crippen LogP contribution >= 0.6 is 0 Å². The van der Waals surface area contributed by atoms with E-state index in [1.165, 1.54) is 50.1 Å². The number of ether oxygens (including phenoxy) is 1. The van der Waals surface area contributed by atoms with E-state index in [1.54, 1.807) is 12.1 Å². The third kappa shape index (κ3) is 6.59. The molecule has 0 radical (unpaired) electrons. The smallest absolute Gasteiger partial charge is 0.273 e. The Hall–Kier alpha value is -4.97. The van der Waals surface area contributed by atoms with Gasteiger partial charge in [-0.15, -0.1) is 0 Å². The highest BCUT2D eigenvalue weighted by Crippen LogP contribution is 2.29. The molecule has 0 unspecified atom stereocenters. The molecular weight excluding hydrogens is 570 g/mol. The van der Waals surface area contributed by atoms with Crippen molar-refractivity contribution in [2.45, 2.75) is 39.5 Å². The normalized spacial score (nSPS) is 11.5. The number of hydrogen-bond donors (Lipinski definition) is 1. The Labute approximate surface area is 250 Å². The highest BCUT2D eigenvalue weighted by atomic mass is 32.2. The summed E-state index contributed by atoms with van der Waals surface area (Å²) in [4.78, 5) is 23.5. The summed E-state index contributed by atoms with van der Waals surface area (Å²) in [5.74, 6) is -0.222. The molecule has 11 nitrogen and oxygen atoms in total. The number of sulfonamides is 1. The summed E-state index contributed by atoms with van der Waals surface area (Å²) < 4.78 is 35.6. The SMILES string of the molecule is COc1ccc(N(CC(=O)N/N=C\c2cc(C)n(-c3ccc(C)cc3C)c2C)S(=O)(=O)c2ccc(C)c([N+](=O)[O-])c2)cc1. The number of aromatic nitrogens is 1. The molecule has 0 aliphatic heterocycles. The first-order chi connectivity index (χ1) is 20.3. The number of benzene rings is 3. The lowest BCUT2D eigenvalue weighted by Crippen LogP contribution is -2.39. The van der Waals surface area contributed by atoms with Crippen LogP contribution in [0.5, 0.6) is 5.75 Å². The minimum Gasteiger partial charge on any atom is -0.497 e. The van der Waals surface area contributed by atoms with Crippen molar-refractivity contribution in [1.29, 1.82) is 0 Å². The zero-order valence-electron chi connectivity index (χ0n) is 24.8. The maximum atomic E-state index is 13.7. The zero-order chi connectivity index (χ0) is 31.5. The lowest BCUT2D eigenvalue weighted by Gasteiger charge is -2.24. The van der Waals surface area contributed by atoms with E-state index in [2.05, 4.69) is 27.2 Å². The molecule has 1 heterocycles. The van der Waals surface area contributed by atoms with Gasteiger partial charge in [0.1, 0.15) is 12.3 Å². The minimum absolute atomic E-state index is 0.167. The van der Waals surface area contributed by atoms with Gasteiger partial charge in [0.05, 0.1) is 28.8 Å². The maximum absolute atomic E-state index is 13.7. The van der Waals surface area contributed by atoms with Crippen molar-refractivity contribution in [2.24, 2.45) is 5.10 Å². The second-order valence-electron chi connectivity index (χ2n) is 10.2. The van der Waals surface area contributed by atoms with Crippen molar-refractivity contribution in [1.82, 2.24) is 9.99 Å². The van der Waals surface area contributed by atoms with Gasteiger partial charge in [-0.3, -0.25) is 19.2 Å². The van der Waals surface area contributed by atoms with Gasteiger partial charge >= 0.3 is 0 Å². The predicted molar refractivity (Wildman–Crippen MR) is 166 cm³/mol. The molecule has 0 spiro atoms. The standard InChI is InChI=1S/C31H33N5O6S/c1-20-7-14-29(22(3)15-20)35-23(4)16-25(24(35)5)18-32-33-31(37)19-34(26-9-11-27(42-6)12-10-26)43(40,41)28-13-8-21(2)30(17-28)36(38)39/h7-18H,19H2,1-6H3,(H,33,37)/b32-18-. The number of carbonyl (C=O) groups excluding carboxylic acids is 1. The molecule has 1 amide bonds. The summed E-state index contributed by atoms with van der Waals surface area (Å²) in [7, 11) is -2.92. The van der Waals surface area contributed by atoms with E-state index in [0.29, 0.717) is 11.3 Å². The number of rotatable bonds is 10. The molecule has 224 valence electrons. The van der Waals surface area contributed by atoms with Crippen LogP contribution in [0.4, 0.5) is 11.4 Å².